The summed E-state index contributed by atoms with van der Waals surface area (Å²) in [6, 6.07) is 4.11. The molecule has 1 aliphatic carbocycles. The van der Waals surface area contributed by atoms with Gasteiger partial charge in [0.05, 0.1) is 6.10 Å². The second kappa shape index (κ2) is 3.66. The number of benzene rings is 1. The van der Waals surface area contributed by atoms with Gasteiger partial charge in [-0.2, -0.15) is 0 Å². The maximum Gasteiger partial charge on any atom is 0.573 e. The fraction of sp³-hybridized carbons (Fsp3) is 0.455. The highest BCUT2D eigenvalue weighted by molar-refractivity contribution is 5.40. The van der Waals surface area contributed by atoms with Gasteiger partial charge in [0.25, 0.3) is 0 Å². The fourth-order valence-electron chi connectivity index (χ4n) is 2.00. The lowest BCUT2D eigenvalue weighted by Crippen LogP contribution is -2.17. The number of ether oxygens (including phenoxy) is 1. The number of fused-ring (bicyclic) bond motifs is 1. The maximum atomic E-state index is 12.0. The molecule has 16 heavy (non-hydrogen) atoms. The van der Waals surface area contributed by atoms with Crippen LogP contribution in [0.2, 0.25) is 0 Å². The van der Waals surface area contributed by atoms with Crippen molar-refractivity contribution in [1.29, 1.82) is 0 Å². The van der Waals surface area contributed by atoms with Gasteiger partial charge in [-0.05, 0) is 35.6 Å². The number of hydrogen-bond donors (Lipinski definition) is 1. The quantitative estimate of drug-likeness (QED) is 0.806. The third-order valence-corrected chi connectivity index (χ3v) is 2.75. The van der Waals surface area contributed by atoms with Crippen LogP contribution in [0.4, 0.5) is 13.2 Å². The topological polar surface area (TPSA) is 29.5 Å². The summed E-state index contributed by atoms with van der Waals surface area (Å²) in [5.74, 6) is -0.240. The molecule has 2 atom stereocenters. The summed E-state index contributed by atoms with van der Waals surface area (Å²) in [7, 11) is 0. The molecule has 1 aliphatic rings. The van der Waals surface area contributed by atoms with Gasteiger partial charge in [-0.1, -0.05) is 13.0 Å². The van der Waals surface area contributed by atoms with Crippen molar-refractivity contribution in [2.45, 2.75) is 25.8 Å². The summed E-state index contributed by atoms with van der Waals surface area (Å²) in [4.78, 5) is 0. The summed E-state index contributed by atoms with van der Waals surface area (Å²) in [5.41, 5.74) is 1.42. The maximum absolute atomic E-state index is 12.0. The van der Waals surface area contributed by atoms with Crippen LogP contribution in [0.3, 0.4) is 0 Å². The Bertz CT molecular complexity index is 401. The van der Waals surface area contributed by atoms with Crippen molar-refractivity contribution in [3.63, 3.8) is 0 Å². The average Bonchev–Trinajstić information content (AvgIpc) is 2.42. The highest BCUT2D eigenvalue weighted by atomic mass is 19.4. The van der Waals surface area contributed by atoms with Crippen molar-refractivity contribution in [3.8, 4) is 5.75 Å². The Balaban J connectivity index is 2.27. The van der Waals surface area contributed by atoms with E-state index in [2.05, 4.69) is 4.74 Å². The molecule has 0 amide bonds. The molecule has 1 N–H and O–H groups in total. The van der Waals surface area contributed by atoms with E-state index in [1.165, 1.54) is 12.1 Å². The van der Waals surface area contributed by atoms with Gasteiger partial charge in [-0.25, -0.2) is 0 Å². The molecular weight excluding hydrogens is 221 g/mol. The summed E-state index contributed by atoms with van der Waals surface area (Å²) < 4.78 is 39.7. The molecule has 2 nitrogen and oxygen atoms in total. The summed E-state index contributed by atoms with van der Waals surface area (Å²) in [6.45, 7) is 1.86. The van der Waals surface area contributed by atoms with Crippen LogP contribution < -0.4 is 4.74 Å². The third-order valence-electron chi connectivity index (χ3n) is 2.75. The first kappa shape index (κ1) is 11.3. The molecule has 0 saturated carbocycles. The lowest BCUT2D eigenvalue weighted by atomic mass is 10.1. The number of aliphatic hydroxyl groups excluding tert-OH is 1. The van der Waals surface area contributed by atoms with Gasteiger partial charge in [0, 0.05) is 0 Å². The molecule has 5 heteroatoms. The lowest BCUT2D eigenvalue weighted by Gasteiger charge is -2.12. The molecule has 2 rings (SSSR count). The first-order valence-electron chi connectivity index (χ1n) is 4.93. The second-order valence-electron chi connectivity index (χ2n) is 4.03. The van der Waals surface area contributed by atoms with E-state index >= 15 is 0 Å². The zero-order valence-electron chi connectivity index (χ0n) is 8.58. The Hall–Kier alpha value is -1.23. The molecule has 2 unspecified atom stereocenters. The number of alkyl halides is 3. The van der Waals surface area contributed by atoms with Crippen LogP contribution in [0, 0.1) is 5.92 Å². The smallest absolute Gasteiger partial charge is 0.406 e. The first-order valence-corrected chi connectivity index (χ1v) is 4.93. The highest BCUT2D eigenvalue weighted by Crippen LogP contribution is 2.38. The molecule has 0 saturated heterocycles. The van der Waals surface area contributed by atoms with E-state index in [0.29, 0.717) is 12.0 Å². The summed E-state index contributed by atoms with van der Waals surface area (Å²) in [5, 5.41) is 9.74. The number of rotatable bonds is 1. The van der Waals surface area contributed by atoms with Crippen LogP contribution in [0.25, 0.3) is 0 Å². The first-order chi connectivity index (χ1) is 7.37. The second-order valence-corrected chi connectivity index (χ2v) is 4.03. The molecule has 1 aromatic carbocycles. The van der Waals surface area contributed by atoms with Crippen LogP contribution in [0.15, 0.2) is 18.2 Å². The molecule has 0 spiro atoms. The molecule has 1 aromatic rings. The molecule has 88 valence electrons. The lowest BCUT2D eigenvalue weighted by molar-refractivity contribution is -0.274. The van der Waals surface area contributed by atoms with E-state index in [1.807, 2.05) is 6.92 Å². The zero-order chi connectivity index (χ0) is 11.9. The Labute approximate surface area is 90.7 Å². The Kier molecular flexibility index (Phi) is 2.58. The van der Waals surface area contributed by atoms with Crippen molar-refractivity contribution in [1.82, 2.24) is 0 Å². The van der Waals surface area contributed by atoms with Crippen molar-refractivity contribution in [3.05, 3.63) is 29.3 Å². The van der Waals surface area contributed by atoms with Crippen molar-refractivity contribution in [2.75, 3.05) is 0 Å². The molecular formula is C11H11F3O2. The van der Waals surface area contributed by atoms with Crippen LogP contribution in [0.5, 0.6) is 5.75 Å². The number of hydrogen-bond acceptors (Lipinski definition) is 2. The molecule has 0 fully saturated rings. The summed E-state index contributed by atoms with van der Waals surface area (Å²) in [6.07, 6.45) is -4.71. The van der Waals surface area contributed by atoms with Gasteiger partial charge in [-0.15, -0.1) is 13.2 Å². The molecule has 0 bridgehead atoms. The van der Waals surface area contributed by atoms with Crippen LogP contribution in [-0.2, 0) is 6.42 Å². The molecule has 0 heterocycles. The normalized spacial score (nSPS) is 24.3. The predicted octanol–water partition coefficient (Wildman–Crippen LogP) is 2.81. The standard InChI is InChI=1S/C11H11F3O2/c1-6-4-7-2-3-8(16-11(12,13)14)5-9(7)10(6)15/h2-3,5-6,10,15H,4H2,1H3. The van der Waals surface area contributed by atoms with E-state index in [4.69, 9.17) is 0 Å². The number of aliphatic hydroxyl groups is 1. The fourth-order valence-corrected chi connectivity index (χ4v) is 2.00. The van der Waals surface area contributed by atoms with Gasteiger partial charge < -0.3 is 9.84 Å². The van der Waals surface area contributed by atoms with E-state index in [1.54, 1.807) is 6.07 Å². The van der Waals surface area contributed by atoms with Gasteiger partial charge in [-0.3, -0.25) is 0 Å². The molecule has 0 aliphatic heterocycles. The van der Waals surface area contributed by atoms with Crippen molar-refractivity contribution in [2.24, 2.45) is 5.92 Å². The monoisotopic (exact) mass is 232 g/mol. The Morgan fingerprint density at radius 1 is 1.38 bits per heavy atom. The van der Waals surface area contributed by atoms with E-state index in [-0.39, 0.29) is 11.7 Å². The minimum atomic E-state index is -4.69. The largest absolute Gasteiger partial charge is 0.573 e. The van der Waals surface area contributed by atoms with Gasteiger partial charge in [0.1, 0.15) is 5.75 Å². The van der Waals surface area contributed by atoms with Crippen LogP contribution in [0.1, 0.15) is 24.2 Å². The summed E-state index contributed by atoms with van der Waals surface area (Å²) >= 11 is 0. The third kappa shape index (κ3) is 2.14. The number of halogens is 3. The molecule has 0 radical (unpaired) electrons. The minimum Gasteiger partial charge on any atom is -0.406 e. The van der Waals surface area contributed by atoms with E-state index in [9.17, 15) is 18.3 Å². The van der Waals surface area contributed by atoms with Gasteiger partial charge in [0.15, 0.2) is 0 Å². The zero-order valence-corrected chi connectivity index (χ0v) is 8.58. The Morgan fingerprint density at radius 2 is 2.06 bits per heavy atom. The van der Waals surface area contributed by atoms with Crippen molar-refractivity contribution < 1.29 is 23.0 Å². The van der Waals surface area contributed by atoms with Gasteiger partial charge >= 0.3 is 6.36 Å². The molecule has 0 aromatic heterocycles. The van der Waals surface area contributed by atoms with Crippen LogP contribution >= 0.6 is 0 Å². The SMILES string of the molecule is CC1Cc2ccc(OC(F)(F)F)cc2C1O. The van der Waals surface area contributed by atoms with E-state index in [0.717, 1.165) is 5.56 Å². The predicted molar refractivity (Wildman–Crippen MR) is 51.0 cm³/mol. The average molecular weight is 232 g/mol. The van der Waals surface area contributed by atoms with Crippen LogP contribution in [-0.4, -0.2) is 11.5 Å². The van der Waals surface area contributed by atoms with E-state index < -0.39 is 12.5 Å². The highest BCUT2D eigenvalue weighted by Gasteiger charge is 2.33. The van der Waals surface area contributed by atoms with Gasteiger partial charge in [0.2, 0.25) is 0 Å². The minimum absolute atomic E-state index is 0.0381. The Morgan fingerprint density at radius 3 is 2.69 bits per heavy atom. The van der Waals surface area contributed by atoms with Crippen molar-refractivity contribution >= 4 is 0 Å².